The Kier molecular flexibility index (Phi) is 1.71. The number of hydrogen-bond donors (Lipinski definition) is 2. The maximum absolute atomic E-state index is 4.36. The second kappa shape index (κ2) is 2.83. The van der Waals surface area contributed by atoms with E-state index in [-0.39, 0.29) is 0 Å². The molecule has 76 valence electrons. The van der Waals surface area contributed by atoms with Crippen LogP contribution in [-0.2, 0) is 6.42 Å². The summed E-state index contributed by atoms with van der Waals surface area (Å²) in [7, 11) is 0. The van der Waals surface area contributed by atoms with E-state index in [0.717, 1.165) is 12.5 Å². The normalized spacial score (nSPS) is 30.7. The molecule has 2 aliphatic rings. The third-order valence-electron chi connectivity index (χ3n) is 3.46. The SMILES string of the molecule is Cc1[nH]nc2c1C(NC1CC1)C(C)C2. The second-order valence-electron chi connectivity index (χ2n) is 4.81. The summed E-state index contributed by atoms with van der Waals surface area (Å²) in [5, 5.41) is 11.2. The van der Waals surface area contributed by atoms with Crippen molar-refractivity contribution in [3.8, 4) is 0 Å². The van der Waals surface area contributed by atoms with Crippen LogP contribution < -0.4 is 5.32 Å². The molecule has 1 saturated carbocycles. The third kappa shape index (κ3) is 1.19. The summed E-state index contributed by atoms with van der Waals surface area (Å²) in [4.78, 5) is 0. The van der Waals surface area contributed by atoms with Crippen LogP contribution in [0.3, 0.4) is 0 Å². The molecule has 1 aromatic heterocycles. The molecule has 2 aliphatic carbocycles. The van der Waals surface area contributed by atoms with Crippen LogP contribution >= 0.6 is 0 Å². The first-order valence-electron chi connectivity index (χ1n) is 5.55. The lowest BCUT2D eigenvalue weighted by molar-refractivity contribution is 0.410. The molecule has 3 nitrogen and oxygen atoms in total. The minimum absolute atomic E-state index is 0.552. The molecule has 2 unspecified atom stereocenters. The van der Waals surface area contributed by atoms with E-state index in [9.17, 15) is 0 Å². The van der Waals surface area contributed by atoms with Crippen LogP contribution in [0.25, 0.3) is 0 Å². The summed E-state index contributed by atoms with van der Waals surface area (Å²) in [5.41, 5.74) is 3.99. The molecule has 3 heteroatoms. The van der Waals surface area contributed by atoms with Crippen molar-refractivity contribution in [1.82, 2.24) is 15.5 Å². The van der Waals surface area contributed by atoms with Crippen LogP contribution in [0.15, 0.2) is 0 Å². The van der Waals surface area contributed by atoms with E-state index in [1.165, 1.54) is 29.8 Å². The van der Waals surface area contributed by atoms with Crippen LogP contribution in [0.4, 0.5) is 0 Å². The maximum Gasteiger partial charge on any atom is 0.0676 e. The van der Waals surface area contributed by atoms with Gasteiger partial charge in [0.05, 0.1) is 5.69 Å². The number of hydrogen-bond acceptors (Lipinski definition) is 2. The van der Waals surface area contributed by atoms with E-state index in [1.807, 2.05) is 0 Å². The molecule has 2 N–H and O–H groups in total. The van der Waals surface area contributed by atoms with Gasteiger partial charge in [-0.15, -0.1) is 0 Å². The fourth-order valence-corrected chi connectivity index (χ4v) is 2.52. The van der Waals surface area contributed by atoms with Crippen LogP contribution in [0.1, 0.15) is 42.8 Å². The van der Waals surface area contributed by atoms with Crippen molar-refractivity contribution in [2.45, 2.75) is 45.2 Å². The van der Waals surface area contributed by atoms with E-state index in [1.54, 1.807) is 0 Å². The minimum atomic E-state index is 0.552. The standard InChI is InChI=1S/C11H17N3/c1-6-5-9-10(7(2)13-14-9)11(6)12-8-3-4-8/h6,8,11-12H,3-5H2,1-2H3,(H,13,14). The molecule has 0 saturated heterocycles. The van der Waals surface area contributed by atoms with Gasteiger partial charge in [-0.05, 0) is 32.1 Å². The Morgan fingerprint density at radius 2 is 2.21 bits per heavy atom. The highest BCUT2D eigenvalue weighted by molar-refractivity contribution is 5.34. The molecule has 0 radical (unpaired) electrons. The number of rotatable bonds is 2. The highest BCUT2D eigenvalue weighted by Crippen LogP contribution is 2.38. The van der Waals surface area contributed by atoms with Crippen LogP contribution in [0.5, 0.6) is 0 Å². The third-order valence-corrected chi connectivity index (χ3v) is 3.46. The Morgan fingerprint density at radius 1 is 1.43 bits per heavy atom. The fourth-order valence-electron chi connectivity index (χ4n) is 2.52. The summed E-state index contributed by atoms with van der Waals surface area (Å²) in [6.45, 7) is 4.45. The molecule has 0 amide bonds. The summed E-state index contributed by atoms with van der Waals surface area (Å²) < 4.78 is 0. The van der Waals surface area contributed by atoms with Gasteiger partial charge < -0.3 is 5.32 Å². The quantitative estimate of drug-likeness (QED) is 0.747. The summed E-state index contributed by atoms with van der Waals surface area (Å²) >= 11 is 0. The van der Waals surface area contributed by atoms with E-state index in [4.69, 9.17) is 0 Å². The molecule has 14 heavy (non-hydrogen) atoms. The fraction of sp³-hybridized carbons (Fsp3) is 0.727. The highest BCUT2D eigenvalue weighted by Gasteiger charge is 2.36. The zero-order chi connectivity index (χ0) is 9.71. The summed E-state index contributed by atoms with van der Waals surface area (Å²) in [5.74, 6) is 0.710. The van der Waals surface area contributed by atoms with Crippen molar-refractivity contribution < 1.29 is 0 Å². The van der Waals surface area contributed by atoms with E-state index in [0.29, 0.717) is 12.0 Å². The summed E-state index contributed by atoms with van der Waals surface area (Å²) in [6, 6.07) is 1.33. The van der Waals surface area contributed by atoms with Gasteiger partial charge >= 0.3 is 0 Å². The molecule has 1 aromatic rings. The molecule has 0 aliphatic heterocycles. The molecular weight excluding hydrogens is 174 g/mol. The number of aromatic amines is 1. The molecule has 0 spiro atoms. The Morgan fingerprint density at radius 3 is 2.93 bits per heavy atom. The first-order valence-corrected chi connectivity index (χ1v) is 5.55. The Balaban J connectivity index is 1.90. The van der Waals surface area contributed by atoms with E-state index in [2.05, 4.69) is 29.4 Å². The monoisotopic (exact) mass is 191 g/mol. The van der Waals surface area contributed by atoms with Gasteiger partial charge in [-0.25, -0.2) is 0 Å². The van der Waals surface area contributed by atoms with Crippen molar-refractivity contribution in [3.05, 3.63) is 17.0 Å². The number of nitrogens with zero attached hydrogens (tertiary/aromatic N) is 1. The Labute approximate surface area is 84.3 Å². The van der Waals surface area contributed by atoms with Crippen molar-refractivity contribution in [1.29, 1.82) is 0 Å². The smallest absolute Gasteiger partial charge is 0.0676 e. The largest absolute Gasteiger partial charge is 0.307 e. The van der Waals surface area contributed by atoms with Crippen LogP contribution in [-0.4, -0.2) is 16.2 Å². The molecule has 2 atom stereocenters. The number of fused-ring (bicyclic) bond motifs is 1. The Hall–Kier alpha value is -0.830. The highest BCUT2D eigenvalue weighted by atomic mass is 15.1. The first-order chi connectivity index (χ1) is 6.75. The van der Waals surface area contributed by atoms with Crippen molar-refractivity contribution in [2.75, 3.05) is 0 Å². The molecule has 0 bridgehead atoms. The lowest BCUT2D eigenvalue weighted by Gasteiger charge is -2.18. The lowest BCUT2D eigenvalue weighted by Crippen LogP contribution is -2.26. The van der Waals surface area contributed by atoms with Gasteiger partial charge in [-0.3, -0.25) is 5.10 Å². The van der Waals surface area contributed by atoms with Crippen molar-refractivity contribution in [2.24, 2.45) is 5.92 Å². The van der Waals surface area contributed by atoms with Gasteiger partial charge in [0.25, 0.3) is 0 Å². The number of nitrogens with one attached hydrogen (secondary N) is 2. The molecule has 0 aromatic carbocycles. The number of H-pyrrole nitrogens is 1. The Bertz CT molecular complexity index is 351. The van der Waals surface area contributed by atoms with Gasteiger partial charge in [0.1, 0.15) is 0 Å². The molecule has 1 fully saturated rings. The topological polar surface area (TPSA) is 40.7 Å². The minimum Gasteiger partial charge on any atom is -0.307 e. The van der Waals surface area contributed by atoms with Gasteiger partial charge in [-0.2, -0.15) is 5.10 Å². The lowest BCUT2D eigenvalue weighted by atomic mass is 10.0. The maximum atomic E-state index is 4.36. The number of aryl methyl sites for hydroxylation is 1. The number of aromatic nitrogens is 2. The van der Waals surface area contributed by atoms with Gasteiger partial charge in [0.15, 0.2) is 0 Å². The first kappa shape index (κ1) is 8.48. The summed E-state index contributed by atoms with van der Waals surface area (Å²) in [6.07, 6.45) is 3.84. The van der Waals surface area contributed by atoms with Gasteiger partial charge in [-0.1, -0.05) is 6.92 Å². The zero-order valence-corrected chi connectivity index (χ0v) is 8.80. The van der Waals surface area contributed by atoms with E-state index < -0.39 is 0 Å². The van der Waals surface area contributed by atoms with E-state index >= 15 is 0 Å². The van der Waals surface area contributed by atoms with Crippen molar-refractivity contribution >= 4 is 0 Å². The molecule has 1 heterocycles. The predicted octanol–water partition coefficient (Wildman–Crippen LogP) is 1.70. The predicted molar refractivity (Wildman–Crippen MR) is 55.1 cm³/mol. The zero-order valence-electron chi connectivity index (χ0n) is 8.80. The van der Waals surface area contributed by atoms with Gasteiger partial charge in [0, 0.05) is 23.3 Å². The second-order valence-corrected chi connectivity index (χ2v) is 4.81. The molecule has 3 rings (SSSR count). The van der Waals surface area contributed by atoms with Gasteiger partial charge in [0.2, 0.25) is 0 Å². The van der Waals surface area contributed by atoms with Crippen LogP contribution in [0, 0.1) is 12.8 Å². The average molecular weight is 191 g/mol. The van der Waals surface area contributed by atoms with Crippen LogP contribution in [0.2, 0.25) is 0 Å². The molecular formula is C11H17N3. The van der Waals surface area contributed by atoms with Crippen molar-refractivity contribution in [3.63, 3.8) is 0 Å². The average Bonchev–Trinajstić information content (AvgIpc) is 2.82.